The van der Waals surface area contributed by atoms with Crippen molar-refractivity contribution in [2.45, 2.75) is 20.8 Å². The molecule has 0 aromatic heterocycles. The van der Waals surface area contributed by atoms with Gasteiger partial charge in [0.15, 0.2) is 0 Å². The molecule has 2 rings (SSSR count). The van der Waals surface area contributed by atoms with Gasteiger partial charge in [-0.05, 0) is 44.5 Å². The minimum Gasteiger partial charge on any atom is -0.372 e. The van der Waals surface area contributed by atoms with E-state index < -0.39 is 15.9 Å². The molecular weight excluding hydrogens is 314 g/mol. The van der Waals surface area contributed by atoms with Crippen LogP contribution in [-0.4, -0.2) is 43.8 Å². The van der Waals surface area contributed by atoms with Gasteiger partial charge < -0.3 is 4.90 Å². The first-order chi connectivity index (χ1) is 10.8. The van der Waals surface area contributed by atoms with Crippen LogP contribution in [0.1, 0.15) is 26.3 Å². The van der Waals surface area contributed by atoms with E-state index in [1.54, 1.807) is 13.0 Å². The van der Waals surface area contributed by atoms with Gasteiger partial charge in [0, 0.05) is 18.8 Å². The molecule has 1 amide bonds. The van der Waals surface area contributed by atoms with E-state index in [1.807, 2.05) is 24.3 Å². The molecule has 7 heteroatoms. The molecule has 0 radical (unpaired) electrons. The van der Waals surface area contributed by atoms with Crippen LogP contribution in [0.25, 0.3) is 6.08 Å². The zero-order valence-corrected chi connectivity index (χ0v) is 14.6. The summed E-state index contributed by atoms with van der Waals surface area (Å²) in [6.07, 6.45) is 2.63. The fourth-order valence-electron chi connectivity index (χ4n) is 2.42. The maximum Gasteiger partial charge on any atom is 0.290 e. The summed E-state index contributed by atoms with van der Waals surface area (Å²) in [4.78, 5) is 14.4. The molecule has 0 N–H and O–H groups in total. The molecule has 1 aromatic rings. The molecular formula is C16H21N3O3S. The molecule has 0 saturated heterocycles. The molecule has 0 spiro atoms. The summed E-state index contributed by atoms with van der Waals surface area (Å²) in [6, 6.07) is 7.79. The number of sulfonamides is 1. The van der Waals surface area contributed by atoms with Crippen LogP contribution in [0.5, 0.6) is 0 Å². The van der Waals surface area contributed by atoms with Crippen LogP contribution in [-0.2, 0) is 14.8 Å². The standard InChI is InChI=1S/C16H21N3O3S/c1-5-18(6-2)14-9-7-13(8-10-14)11-15-12(3)17-19(16(15)20)23(4,21)22/h7-11H,5-6H2,1-4H3/b15-11-. The Balaban J connectivity index is 2.29. The number of anilines is 1. The molecule has 1 aliphatic rings. The van der Waals surface area contributed by atoms with Gasteiger partial charge in [0.05, 0.1) is 17.5 Å². The van der Waals surface area contributed by atoms with E-state index in [-0.39, 0.29) is 0 Å². The molecule has 0 saturated carbocycles. The molecule has 1 heterocycles. The van der Waals surface area contributed by atoms with E-state index in [0.29, 0.717) is 15.7 Å². The Kier molecular flexibility index (Phi) is 4.89. The lowest BCUT2D eigenvalue weighted by Crippen LogP contribution is -2.28. The van der Waals surface area contributed by atoms with Gasteiger partial charge in [0.2, 0.25) is 0 Å². The number of hydrazone groups is 1. The maximum absolute atomic E-state index is 12.2. The largest absolute Gasteiger partial charge is 0.372 e. The SMILES string of the molecule is CCN(CC)c1ccc(/C=C2\C(=O)N(S(C)(=O)=O)N=C2C)cc1. The van der Waals surface area contributed by atoms with Crippen LogP contribution >= 0.6 is 0 Å². The van der Waals surface area contributed by atoms with Crippen molar-refractivity contribution in [1.82, 2.24) is 4.41 Å². The van der Waals surface area contributed by atoms with Crippen molar-refractivity contribution in [3.05, 3.63) is 35.4 Å². The second kappa shape index (κ2) is 6.54. The van der Waals surface area contributed by atoms with E-state index in [0.717, 1.165) is 30.6 Å². The van der Waals surface area contributed by atoms with Gasteiger partial charge in [-0.15, -0.1) is 4.41 Å². The summed E-state index contributed by atoms with van der Waals surface area (Å²) in [6.45, 7) is 7.65. The minimum absolute atomic E-state index is 0.297. The lowest BCUT2D eigenvalue weighted by Gasteiger charge is -2.20. The minimum atomic E-state index is -3.69. The molecule has 1 aliphatic heterocycles. The monoisotopic (exact) mass is 335 g/mol. The van der Waals surface area contributed by atoms with Crippen LogP contribution in [0.4, 0.5) is 5.69 Å². The number of nitrogens with zero attached hydrogens (tertiary/aromatic N) is 3. The quantitative estimate of drug-likeness (QED) is 0.773. The van der Waals surface area contributed by atoms with Crippen molar-refractivity contribution in [1.29, 1.82) is 0 Å². The Morgan fingerprint density at radius 2 is 1.74 bits per heavy atom. The number of benzene rings is 1. The average Bonchev–Trinajstić information content (AvgIpc) is 2.78. The van der Waals surface area contributed by atoms with E-state index in [9.17, 15) is 13.2 Å². The summed E-state index contributed by atoms with van der Waals surface area (Å²) in [5, 5.41) is 3.83. The summed E-state index contributed by atoms with van der Waals surface area (Å²) >= 11 is 0. The number of amides is 1. The van der Waals surface area contributed by atoms with Crippen LogP contribution in [0.2, 0.25) is 0 Å². The highest BCUT2D eigenvalue weighted by Gasteiger charge is 2.33. The molecule has 6 nitrogen and oxygen atoms in total. The summed E-state index contributed by atoms with van der Waals surface area (Å²) < 4.78 is 23.6. The highest BCUT2D eigenvalue weighted by molar-refractivity contribution is 7.88. The van der Waals surface area contributed by atoms with Gasteiger partial charge >= 0.3 is 0 Å². The highest BCUT2D eigenvalue weighted by Crippen LogP contribution is 2.22. The Morgan fingerprint density at radius 1 is 1.17 bits per heavy atom. The third-order valence-corrected chi connectivity index (χ3v) is 4.56. The Labute approximate surface area is 137 Å². The molecule has 0 unspecified atom stereocenters. The molecule has 0 bridgehead atoms. The predicted molar refractivity (Wildman–Crippen MR) is 92.8 cm³/mol. The first-order valence-electron chi connectivity index (χ1n) is 7.44. The average molecular weight is 335 g/mol. The fourth-order valence-corrected chi connectivity index (χ4v) is 3.09. The van der Waals surface area contributed by atoms with Gasteiger partial charge in [-0.3, -0.25) is 4.79 Å². The van der Waals surface area contributed by atoms with Crippen molar-refractivity contribution < 1.29 is 13.2 Å². The van der Waals surface area contributed by atoms with Crippen LogP contribution in [0.3, 0.4) is 0 Å². The second-order valence-corrected chi connectivity index (χ2v) is 7.13. The molecule has 0 atom stereocenters. The highest BCUT2D eigenvalue weighted by atomic mass is 32.2. The number of carbonyl (C=O) groups is 1. The topological polar surface area (TPSA) is 70.1 Å². The normalized spacial score (nSPS) is 16.9. The fraction of sp³-hybridized carbons (Fsp3) is 0.375. The van der Waals surface area contributed by atoms with Gasteiger partial charge in [0.25, 0.3) is 15.9 Å². The smallest absolute Gasteiger partial charge is 0.290 e. The zero-order chi connectivity index (χ0) is 17.2. The number of carbonyl (C=O) groups excluding carboxylic acids is 1. The van der Waals surface area contributed by atoms with E-state index in [4.69, 9.17) is 0 Å². The third-order valence-electron chi connectivity index (χ3n) is 3.68. The lowest BCUT2D eigenvalue weighted by molar-refractivity contribution is -0.121. The molecule has 0 aliphatic carbocycles. The van der Waals surface area contributed by atoms with Crippen molar-refractivity contribution in [2.75, 3.05) is 24.2 Å². The Morgan fingerprint density at radius 3 is 2.17 bits per heavy atom. The second-order valence-electron chi connectivity index (χ2n) is 5.32. The van der Waals surface area contributed by atoms with Crippen molar-refractivity contribution in [3.8, 4) is 0 Å². The number of rotatable bonds is 5. The molecule has 0 fully saturated rings. The van der Waals surface area contributed by atoms with E-state index >= 15 is 0 Å². The van der Waals surface area contributed by atoms with Gasteiger partial charge in [0.1, 0.15) is 0 Å². The first kappa shape index (κ1) is 17.2. The van der Waals surface area contributed by atoms with Crippen molar-refractivity contribution in [3.63, 3.8) is 0 Å². The zero-order valence-electron chi connectivity index (χ0n) is 13.8. The molecule has 1 aromatic carbocycles. The first-order valence-corrected chi connectivity index (χ1v) is 9.29. The molecule has 124 valence electrons. The third kappa shape index (κ3) is 3.61. The van der Waals surface area contributed by atoms with Crippen molar-refractivity contribution in [2.24, 2.45) is 5.10 Å². The summed E-state index contributed by atoms with van der Waals surface area (Å²) in [5.74, 6) is -0.613. The predicted octanol–water partition coefficient (Wildman–Crippen LogP) is 2.09. The van der Waals surface area contributed by atoms with Gasteiger partial charge in [-0.1, -0.05) is 12.1 Å². The lowest BCUT2D eigenvalue weighted by atomic mass is 10.1. The van der Waals surface area contributed by atoms with Crippen molar-refractivity contribution >= 4 is 33.4 Å². The van der Waals surface area contributed by atoms with E-state index in [2.05, 4.69) is 23.8 Å². The Bertz CT molecular complexity index is 760. The summed E-state index contributed by atoms with van der Waals surface area (Å²) in [7, 11) is -3.69. The van der Waals surface area contributed by atoms with Gasteiger partial charge in [-0.2, -0.15) is 5.10 Å². The summed E-state index contributed by atoms with van der Waals surface area (Å²) in [5.41, 5.74) is 2.63. The van der Waals surface area contributed by atoms with Gasteiger partial charge in [-0.25, -0.2) is 8.42 Å². The molecule has 23 heavy (non-hydrogen) atoms. The maximum atomic E-state index is 12.2. The Hall–Kier alpha value is -2.15. The van der Waals surface area contributed by atoms with Crippen LogP contribution < -0.4 is 4.90 Å². The van der Waals surface area contributed by atoms with Crippen LogP contribution in [0, 0.1) is 0 Å². The van der Waals surface area contributed by atoms with E-state index in [1.165, 1.54) is 0 Å². The van der Waals surface area contributed by atoms with Crippen LogP contribution in [0.15, 0.2) is 34.9 Å². The number of hydrogen-bond acceptors (Lipinski definition) is 5. The number of hydrogen-bond donors (Lipinski definition) is 0.